The number of ether oxygens (including phenoxy) is 3. The summed E-state index contributed by atoms with van der Waals surface area (Å²) < 4.78 is 20.1. The summed E-state index contributed by atoms with van der Waals surface area (Å²) in [5, 5.41) is 3.23. The smallest absolute Gasteiger partial charge is 0.220 e. The van der Waals surface area contributed by atoms with Crippen molar-refractivity contribution in [2.45, 2.75) is 182 Å². The molecule has 0 heterocycles. The average Bonchev–Trinajstić information content (AvgIpc) is 3.48. The van der Waals surface area contributed by atoms with Gasteiger partial charge in [0.15, 0.2) is 0 Å². The van der Waals surface area contributed by atoms with Crippen molar-refractivity contribution in [3.63, 3.8) is 0 Å². The zero-order chi connectivity index (χ0) is 37.7. The lowest BCUT2D eigenvalue weighted by Gasteiger charge is -2.59. The van der Waals surface area contributed by atoms with Gasteiger partial charge in [0.25, 0.3) is 0 Å². The summed E-state index contributed by atoms with van der Waals surface area (Å²) >= 11 is 0. The SMILES string of the molecule is CCCCCCCCNC(=O)CC[C@@H](C)[C@H]1CC[C@H]2C([C@@H](CC)OCCCN)[C@@H](C(C)(C)CC[C@H](CC)OCCCN)C[C@H](OCCCN)[C@]12C. The molecule has 51 heavy (non-hydrogen) atoms. The lowest BCUT2D eigenvalue weighted by Crippen LogP contribution is -2.58. The van der Waals surface area contributed by atoms with E-state index in [1.165, 1.54) is 44.9 Å². The van der Waals surface area contributed by atoms with Crippen LogP contribution in [0.25, 0.3) is 0 Å². The highest BCUT2D eigenvalue weighted by molar-refractivity contribution is 5.75. The number of fused-ring (bicyclic) bond motifs is 1. The van der Waals surface area contributed by atoms with Crippen LogP contribution in [0.5, 0.6) is 0 Å². The Bertz CT molecular complexity index is 905. The van der Waals surface area contributed by atoms with Crippen LogP contribution in [0.1, 0.15) is 164 Å². The second-order valence-electron chi connectivity index (χ2n) is 17.2. The molecule has 0 aromatic heterocycles. The fourth-order valence-corrected chi connectivity index (χ4v) is 10.1. The van der Waals surface area contributed by atoms with Crippen LogP contribution in [-0.4, -0.2) is 70.2 Å². The summed E-state index contributed by atoms with van der Waals surface area (Å²) in [5.41, 5.74) is 17.8. The predicted octanol–water partition coefficient (Wildman–Crippen LogP) is 8.38. The summed E-state index contributed by atoms with van der Waals surface area (Å²) in [6.07, 6.45) is 19.9. The number of unbranched alkanes of at least 4 members (excludes halogenated alkanes) is 5. The van der Waals surface area contributed by atoms with Crippen molar-refractivity contribution >= 4 is 5.91 Å². The monoisotopic (exact) mass is 723 g/mol. The number of amides is 1. The third kappa shape index (κ3) is 14.4. The van der Waals surface area contributed by atoms with Crippen LogP contribution in [0.4, 0.5) is 0 Å². The first-order valence-electron chi connectivity index (χ1n) is 21.8. The first-order chi connectivity index (χ1) is 24.5. The van der Waals surface area contributed by atoms with Crippen LogP contribution in [-0.2, 0) is 19.0 Å². The van der Waals surface area contributed by atoms with E-state index in [2.05, 4.69) is 53.8 Å². The number of nitrogens with two attached hydrogens (primary N) is 3. The Morgan fingerprint density at radius 3 is 2.14 bits per heavy atom. The van der Waals surface area contributed by atoms with Crippen molar-refractivity contribution < 1.29 is 19.0 Å². The van der Waals surface area contributed by atoms with E-state index in [1.807, 2.05) is 0 Å². The molecule has 2 saturated carbocycles. The molecule has 8 nitrogen and oxygen atoms in total. The minimum Gasteiger partial charge on any atom is -0.378 e. The van der Waals surface area contributed by atoms with Crippen molar-refractivity contribution in [2.24, 2.45) is 57.6 Å². The molecular weight excluding hydrogens is 636 g/mol. The number of hydrogen-bond acceptors (Lipinski definition) is 7. The van der Waals surface area contributed by atoms with Gasteiger partial charge >= 0.3 is 0 Å². The minimum absolute atomic E-state index is 0.0160. The summed E-state index contributed by atoms with van der Waals surface area (Å²) in [6.45, 7) is 21.7. The largest absolute Gasteiger partial charge is 0.378 e. The zero-order valence-corrected chi connectivity index (χ0v) is 34.7. The minimum atomic E-state index is 0.0160. The maximum Gasteiger partial charge on any atom is 0.220 e. The van der Waals surface area contributed by atoms with E-state index in [-0.39, 0.29) is 35.0 Å². The number of hydrogen-bond donors (Lipinski definition) is 4. The van der Waals surface area contributed by atoms with Gasteiger partial charge in [-0.05, 0) is 132 Å². The number of rotatable bonds is 30. The number of carbonyl (C=O) groups is 1. The van der Waals surface area contributed by atoms with Crippen LogP contribution in [0.15, 0.2) is 0 Å². The van der Waals surface area contributed by atoms with E-state index in [9.17, 15) is 4.79 Å². The van der Waals surface area contributed by atoms with Gasteiger partial charge in [-0.3, -0.25) is 4.79 Å². The summed E-state index contributed by atoms with van der Waals surface area (Å²) in [6, 6.07) is 0. The molecule has 2 rings (SSSR count). The molecule has 0 aliphatic heterocycles. The molecule has 0 spiro atoms. The van der Waals surface area contributed by atoms with Gasteiger partial charge in [-0.1, -0.05) is 80.6 Å². The van der Waals surface area contributed by atoms with Crippen LogP contribution in [0.3, 0.4) is 0 Å². The molecule has 302 valence electrons. The maximum absolute atomic E-state index is 13.0. The molecule has 9 atom stereocenters. The number of carbonyl (C=O) groups excluding carboxylic acids is 1. The molecule has 1 unspecified atom stereocenters. The summed E-state index contributed by atoms with van der Waals surface area (Å²) in [7, 11) is 0. The molecular formula is C43H86N4O4. The first-order valence-corrected chi connectivity index (χ1v) is 21.8. The summed E-state index contributed by atoms with van der Waals surface area (Å²) in [4.78, 5) is 13.0. The van der Waals surface area contributed by atoms with E-state index in [0.29, 0.717) is 62.3 Å². The molecule has 2 aliphatic rings. The van der Waals surface area contributed by atoms with Gasteiger partial charge in [0, 0.05) is 38.2 Å². The van der Waals surface area contributed by atoms with Gasteiger partial charge in [0.05, 0.1) is 18.3 Å². The van der Waals surface area contributed by atoms with Crippen molar-refractivity contribution in [3.8, 4) is 0 Å². The Morgan fingerprint density at radius 2 is 1.49 bits per heavy atom. The van der Waals surface area contributed by atoms with Gasteiger partial charge in [-0.25, -0.2) is 0 Å². The lowest BCUT2D eigenvalue weighted by atomic mass is 9.49. The maximum atomic E-state index is 13.0. The molecule has 0 saturated heterocycles. The van der Waals surface area contributed by atoms with Crippen molar-refractivity contribution in [1.82, 2.24) is 5.32 Å². The normalized spacial score (nSPS) is 26.9. The third-order valence-electron chi connectivity index (χ3n) is 13.3. The topological polar surface area (TPSA) is 135 Å². The molecule has 8 heteroatoms. The fourth-order valence-electron chi connectivity index (χ4n) is 10.1. The average molecular weight is 723 g/mol. The highest BCUT2D eigenvalue weighted by Gasteiger charge is 2.62. The van der Waals surface area contributed by atoms with Crippen molar-refractivity contribution in [1.29, 1.82) is 0 Å². The lowest BCUT2D eigenvalue weighted by molar-refractivity contribution is -0.185. The quantitative estimate of drug-likeness (QED) is 0.0547. The molecule has 0 aromatic rings. The van der Waals surface area contributed by atoms with Crippen LogP contribution in [0, 0.1) is 40.4 Å². The van der Waals surface area contributed by atoms with E-state index in [4.69, 9.17) is 31.4 Å². The van der Waals surface area contributed by atoms with Crippen molar-refractivity contribution in [3.05, 3.63) is 0 Å². The Morgan fingerprint density at radius 1 is 0.843 bits per heavy atom. The highest BCUT2D eigenvalue weighted by atomic mass is 16.5. The molecule has 0 aromatic carbocycles. The van der Waals surface area contributed by atoms with Gasteiger partial charge in [0.1, 0.15) is 0 Å². The fraction of sp³-hybridized carbons (Fsp3) is 0.977. The van der Waals surface area contributed by atoms with Crippen molar-refractivity contribution in [2.75, 3.05) is 46.0 Å². The van der Waals surface area contributed by atoms with E-state index < -0.39 is 0 Å². The van der Waals surface area contributed by atoms with Gasteiger partial charge < -0.3 is 36.7 Å². The molecule has 1 amide bonds. The molecule has 0 bridgehead atoms. The molecule has 2 aliphatic carbocycles. The van der Waals surface area contributed by atoms with Gasteiger partial charge in [-0.15, -0.1) is 0 Å². The van der Waals surface area contributed by atoms with E-state index in [0.717, 1.165) is 84.0 Å². The Kier molecular flexibility index (Phi) is 23.0. The van der Waals surface area contributed by atoms with Crippen LogP contribution in [0.2, 0.25) is 0 Å². The summed E-state index contributed by atoms with van der Waals surface area (Å²) in [5.74, 6) is 2.57. The molecule has 0 radical (unpaired) electrons. The zero-order valence-electron chi connectivity index (χ0n) is 34.7. The van der Waals surface area contributed by atoms with Crippen LogP contribution < -0.4 is 22.5 Å². The van der Waals surface area contributed by atoms with Gasteiger partial charge in [0.2, 0.25) is 5.91 Å². The van der Waals surface area contributed by atoms with E-state index >= 15 is 0 Å². The second-order valence-corrected chi connectivity index (χ2v) is 17.2. The third-order valence-corrected chi connectivity index (χ3v) is 13.3. The Labute approximate surface area is 315 Å². The predicted molar refractivity (Wildman–Crippen MR) is 215 cm³/mol. The Balaban J connectivity index is 2.31. The van der Waals surface area contributed by atoms with Crippen LogP contribution >= 0.6 is 0 Å². The standard InChI is InChI=1S/C43H86N4O4/c1-8-11-12-13-14-15-28-47-40(48)22-19-33(4)35-20-21-36-41(38(10-3)50-30-17-26-45)37(32-39(43(35,36)7)51-31-18-27-46)42(5,6)24-23-34(9-2)49-29-16-25-44/h33-39,41H,8-32,44-46H2,1-7H3,(H,47,48)/t33-,34+,35-,36+,37+,38-,39+,41?,43-/m1/s1. The molecule has 2 fully saturated rings. The molecule has 7 N–H and O–H groups in total. The Hall–Kier alpha value is -0.770. The first kappa shape index (κ1) is 46.4. The highest BCUT2D eigenvalue weighted by Crippen LogP contribution is 2.65. The van der Waals surface area contributed by atoms with Gasteiger partial charge in [-0.2, -0.15) is 0 Å². The van der Waals surface area contributed by atoms with E-state index in [1.54, 1.807) is 0 Å². The number of nitrogens with one attached hydrogen (secondary N) is 1. The second kappa shape index (κ2) is 25.3.